The summed E-state index contributed by atoms with van der Waals surface area (Å²) in [6, 6.07) is 10.4. The first-order valence-electron chi connectivity index (χ1n) is 7.58. The summed E-state index contributed by atoms with van der Waals surface area (Å²) in [5.74, 6) is 0.228. The molecule has 0 aromatic heterocycles. The van der Waals surface area contributed by atoms with Crippen LogP contribution in [-0.2, 0) is 0 Å². The number of ether oxygens (including phenoxy) is 1. The van der Waals surface area contributed by atoms with Crippen molar-refractivity contribution in [1.29, 1.82) is 0 Å². The van der Waals surface area contributed by atoms with Gasteiger partial charge in [-0.3, -0.25) is 4.79 Å². The molecule has 2 aromatic rings. The van der Waals surface area contributed by atoms with Gasteiger partial charge in [-0.05, 0) is 61.9 Å². The normalized spacial score (nSPS) is 15.1. The van der Waals surface area contributed by atoms with Crippen LogP contribution in [0.2, 0.25) is 5.02 Å². The lowest BCUT2D eigenvalue weighted by Gasteiger charge is -2.28. The number of rotatable bonds is 3. The quantitative estimate of drug-likeness (QED) is 0.622. The SMILES string of the molecule is CC1(C)C=Cc2c(ccc(C(=O)/C=C/c3ccc(Cl)cc3)c2O)O1. The molecule has 1 aliphatic rings. The first kappa shape index (κ1) is 16.3. The molecule has 1 aliphatic heterocycles. The molecule has 0 amide bonds. The van der Waals surface area contributed by atoms with Gasteiger partial charge >= 0.3 is 0 Å². The fourth-order valence-corrected chi connectivity index (χ4v) is 2.60. The van der Waals surface area contributed by atoms with Crippen LogP contribution < -0.4 is 4.74 Å². The number of hydrogen-bond acceptors (Lipinski definition) is 3. The predicted octanol–water partition coefficient (Wildman–Crippen LogP) is 5.13. The molecule has 4 heteroatoms. The molecule has 0 aliphatic carbocycles. The molecule has 0 atom stereocenters. The standard InChI is InChI=1S/C20H17ClO3/c1-20(2)12-11-16-18(24-20)10-8-15(19(16)23)17(22)9-5-13-3-6-14(21)7-4-13/h3-12,23H,1-2H3/b9-5+. The average Bonchev–Trinajstić information content (AvgIpc) is 2.53. The number of carbonyl (C=O) groups excluding carboxylic acids is 1. The summed E-state index contributed by atoms with van der Waals surface area (Å²) in [5.41, 5.74) is 1.20. The minimum Gasteiger partial charge on any atom is -0.506 e. The van der Waals surface area contributed by atoms with Gasteiger partial charge in [-0.2, -0.15) is 0 Å². The van der Waals surface area contributed by atoms with Crippen molar-refractivity contribution in [3.63, 3.8) is 0 Å². The predicted molar refractivity (Wildman–Crippen MR) is 96.7 cm³/mol. The Hall–Kier alpha value is -2.52. The number of hydrogen-bond donors (Lipinski definition) is 1. The van der Waals surface area contributed by atoms with Crippen molar-refractivity contribution in [3.05, 3.63) is 70.3 Å². The van der Waals surface area contributed by atoms with Gasteiger partial charge in [0.15, 0.2) is 5.78 Å². The van der Waals surface area contributed by atoms with Crippen LogP contribution in [0.5, 0.6) is 11.5 Å². The van der Waals surface area contributed by atoms with Gasteiger partial charge in [-0.1, -0.05) is 29.8 Å². The van der Waals surface area contributed by atoms with Gasteiger partial charge in [0.1, 0.15) is 17.1 Å². The van der Waals surface area contributed by atoms with E-state index in [0.29, 0.717) is 16.3 Å². The van der Waals surface area contributed by atoms with Gasteiger partial charge in [-0.15, -0.1) is 0 Å². The summed E-state index contributed by atoms with van der Waals surface area (Å²) in [6.45, 7) is 3.86. The van der Waals surface area contributed by atoms with Crippen molar-refractivity contribution in [2.75, 3.05) is 0 Å². The van der Waals surface area contributed by atoms with E-state index in [0.717, 1.165) is 5.56 Å². The molecule has 24 heavy (non-hydrogen) atoms. The number of ketones is 1. The molecule has 0 fully saturated rings. The highest BCUT2D eigenvalue weighted by Crippen LogP contribution is 2.38. The van der Waals surface area contributed by atoms with E-state index < -0.39 is 5.60 Å². The first-order chi connectivity index (χ1) is 11.4. The highest BCUT2D eigenvalue weighted by atomic mass is 35.5. The van der Waals surface area contributed by atoms with E-state index in [1.165, 1.54) is 6.08 Å². The van der Waals surface area contributed by atoms with Crippen LogP contribution in [0.3, 0.4) is 0 Å². The fraction of sp³-hybridized carbons (Fsp3) is 0.150. The zero-order chi connectivity index (χ0) is 17.3. The number of carbonyl (C=O) groups is 1. The second-order valence-electron chi connectivity index (χ2n) is 6.16. The molecule has 0 unspecified atom stereocenters. The summed E-state index contributed by atoms with van der Waals surface area (Å²) in [4.78, 5) is 12.4. The van der Waals surface area contributed by atoms with E-state index in [2.05, 4.69) is 0 Å². The molecule has 0 bridgehead atoms. The van der Waals surface area contributed by atoms with E-state index >= 15 is 0 Å². The maximum atomic E-state index is 12.4. The minimum atomic E-state index is -0.431. The molecule has 0 spiro atoms. The van der Waals surface area contributed by atoms with Crippen LogP contribution in [-0.4, -0.2) is 16.5 Å². The number of benzene rings is 2. The third kappa shape index (κ3) is 3.36. The second kappa shape index (κ2) is 6.17. The van der Waals surface area contributed by atoms with Gasteiger partial charge < -0.3 is 9.84 Å². The Morgan fingerprint density at radius 2 is 1.88 bits per heavy atom. The van der Waals surface area contributed by atoms with E-state index in [4.69, 9.17) is 16.3 Å². The zero-order valence-corrected chi connectivity index (χ0v) is 14.2. The number of halogens is 1. The number of phenolic OH excluding ortho intramolecular Hbond substituents is 1. The van der Waals surface area contributed by atoms with Crippen molar-refractivity contribution in [2.24, 2.45) is 0 Å². The zero-order valence-electron chi connectivity index (χ0n) is 13.4. The number of allylic oxidation sites excluding steroid dienone is 1. The summed E-state index contributed by atoms with van der Waals surface area (Å²) in [7, 11) is 0. The van der Waals surface area contributed by atoms with E-state index in [1.54, 1.807) is 36.4 Å². The Bertz CT molecular complexity index is 846. The monoisotopic (exact) mass is 340 g/mol. The third-order valence-corrected chi connectivity index (χ3v) is 4.02. The number of phenols is 1. The fourth-order valence-electron chi connectivity index (χ4n) is 2.48. The molecule has 3 rings (SSSR count). The Morgan fingerprint density at radius 3 is 2.58 bits per heavy atom. The van der Waals surface area contributed by atoms with Crippen LogP contribution in [0.1, 0.15) is 35.3 Å². The molecular weight excluding hydrogens is 324 g/mol. The molecule has 0 saturated heterocycles. The summed E-state index contributed by atoms with van der Waals surface area (Å²) in [6.07, 6.45) is 6.76. The van der Waals surface area contributed by atoms with E-state index in [1.807, 2.05) is 32.1 Å². The van der Waals surface area contributed by atoms with Gasteiger partial charge in [0.05, 0.1) is 11.1 Å². The number of fused-ring (bicyclic) bond motifs is 1. The van der Waals surface area contributed by atoms with Crippen molar-refractivity contribution in [3.8, 4) is 11.5 Å². The molecule has 2 aromatic carbocycles. The van der Waals surface area contributed by atoms with Crippen LogP contribution >= 0.6 is 11.6 Å². The molecule has 122 valence electrons. The topological polar surface area (TPSA) is 46.5 Å². The van der Waals surface area contributed by atoms with E-state index in [9.17, 15) is 9.90 Å². The smallest absolute Gasteiger partial charge is 0.189 e. The Morgan fingerprint density at radius 1 is 1.17 bits per heavy atom. The highest BCUT2D eigenvalue weighted by molar-refractivity contribution is 6.30. The van der Waals surface area contributed by atoms with Crippen LogP contribution in [0, 0.1) is 0 Å². The Balaban J connectivity index is 1.87. The van der Waals surface area contributed by atoms with Crippen LogP contribution in [0.4, 0.5) is 0 Å². The minimum absolute atomic E-state index is 0.0648. The molecule has 0 radical (unpaired) electrons. The van der Waals surface area contributed by atoms with Crippen molar-refractivity contribution in [1.82, 2.24) is 0 Å². The average molecular weight is 341 g/mol. The number of aromatic hydroxyl groups is 1. The molecule has 1 heterocycles. The van der Waals surface area contributed by atoms with E-state index in [-0.39, 0.29) is 17.1 Å². The summed E-state index contributed by atoms with van der Waals surface area (Å²) >= 11 is 5.84. The van der Waals surface area contributed by atoms with Crippen LogP contribution in [0.25, 0.3) is 12.2 Å². The Kier molecular flexibility index (Phi) is 4.20. The van der Waals surface area contributed by atoms with Gasteiger partial charge in [0.25, 0.3) is 0 Å². The van der Waals surface area contributed by atoms with Gasteiger partial charge in [0.2, 0.25) is 0 Å². The second-order valence-corrected chi connectivity index (χ2v) is 6.60. The van der Waals surface area contributed by atoms with Crippen molar-refractivity contribution < 1.29 is 14.6 Å². The highest BCUT2D eigenvalue weighted by Gasteiger charge is 2.25. The molecular formula is C20H17ClO3. The maximum absolute atomic E-state index is 12.4. The summed E-state index contributed by atoms with van der Waals surface area (Å²) in [5, 5.41) is 11.0. The molecule has 3 nitrogen and oxygen atoms in total. The first-order valence-corrected chi connectivity index (χ1v) is 7.96. The molecule has 0 saturated carbocycles. The maximum Gasteiger partial charge on any atom is 0.189 e. The van der Waals surface area contributed by atoms with Gasteiger partial charge in [-0.25, -0.2) is 0 Å². The van der Waals surface area contributed by atoms with Crippen molar-refractivity contribution >= 4 is 29.5 Å². The molecule has 1 N–H and O–H groups in total. The third-order valence-electron chi connectivity index (χ3n) is 3.76. The van der Waals surface area contributed by atoms with Crippen LogP contribution in [0.15, 0.2) is 48.6 Å². The lowest BCUT2D eigenvalue weighted by Crippen LogP contribution is -2.27. The largest absolute Gasteiger partial charge is 0.506 e. The van der Waals surface area contributed by atoms with Crippen molar-refractivity contribution in [2.45, 2.75) is 19.4 Å². The lowest BCUT2D eigenvalue weighted by molar-refractivity contribution is 0.104. The summed E-state index contributed by atoms with van der Waals surface area (Å²) < 4.78 is 5.79. The van der Waals surface area contributed by atoms with Gasteiger partial charge in [0, 0.05) is 5.02 Å². The lowest BCUT2D eigenvalue weighted by atomic mass is 9.98. The Labute approximate surface area is 145 Å².